The van der Waals surface area contributed by atoms with Crippen molar-refractivity contribution in [1.29, 1.82) is 0 Å². The molecule has 0 unspecified atom stereocenters. The molecule has 0 amide bonds. The minimum atomic E-state index is 0.392. The van der Waals surface area contributed by atoms with Crippen molar-refractivity contribution in [3.63, 3.8) is 0 Å². The number of hydrogen-bond acceptors (Lipinski definition) is 2. The zero-order valence-corrected chi connectivity index (χ0v) is 9.38. The summed E-state index contributed by atoms with van der Waals surface area (Å²) in [6, 6.07) is 0. The summed E-state index contributed by atoms with van der Waals surface area (Å²) in [5, 5.41) is 14.2. The Morgan fingerprint density at radius 2 is 2.00 bits per heavy atom. The maximum Gasteiger partial charge on any atom is 0.159 e. The average Bonchev–Trinajstić information content (AvgIpc) is 2.44. The molecule has 80 valence electrons. The lowest BCUT2D eigenvalue weighted by Gasteiger charge is -2.01. The minimum absolute atomic E-state index is 0.392. The molecule has 0 saturated carbocycles. The summed E-state index contributed by atoms with van der Waals surface area (Å²) in [6.07, 6.45) is 4.17. The first-order valence-electron chi connectivity index (χ1n) is 5.45. The van der Waals surface area contributed by atoms with Gasteiger partial charge in [0.25, 0.3) is 0 Å². The van der Waals surface area contributed by atoms with Crippen molar-refractivity contribution in [3.8, 4) is 5.75 Å². The summed E-state index contributed by atoms with van der Waals surface area (Å²) < 4.78 is 1.92. The lowest BCUT2D eigenvalue weighted by molar-refractivity contribution is 0.460. The fraction of sp³-hybridized carbons (Fsp3) is 0.727. The van der Waals surface area contributed by atoms with Crippen LogP contribution in [0.15, 0.2) is 0 Å². The third-order valence-electron chi connectivity index (χ3n) is 2.45. The molecule has 0 spiro atoms. The second-order valence-electron chi connectivity index (χ2n) is 3.71. The van der Waals surface area contributed by atoms with Crippen molar-refractivity contribution >= 4 is 0 Å². The summed E-state index contributed by atoms with van der Waals surface area (Å²) in [5.41, 5.74) is 1.75. The lowest BCUT2D eigenvalue weighted by atomic mass is 10.2. The summed E-state index contributed by atoms with van der Waals surface area (Å²) in [6.45, 7) is 7.10. The van der Waals surface area contributed by atoms with Crippen LogP contribution in [0.1, 0.15) is 44.5 Å². The average molecular weight is 196 g/mol. The molecule has 1 rings (SSSR count). The van der Waals surface area contributed by atoms with Gasteiger partial charge in [-0.05, 0) is 19.8 Å². The van der Waals surface area contributed by atoms with Crippen molar-refractivity contribution in [3.05, 3.63) is 11.4 Å². The first-order valence-corrected chi connectivity index (χ1v) is 5.45. The van der Waals surface area contributed by atoms with E-state index in [2.05, 4.69) is 18.9 Å². The highest BCUT2D eigenvalue weighted by molar-refractivity contribution is 5.31. The van der Waals surface area contributed by atoms with Crippen LogP contribution in [0.25, 0.3) is 0 Å². The van der Waals surface area contributed by atoms with E-state index in [0.29, 0.717) is 5.75 Å². The van der Waals surface area contributed by atoms with Crippen LogP contribution in [0.3, 0.4) is 0 Å². The van der Waals surface area contributed by atoms with Crippen LogP contribution in [-0.2, 0) is 13.0 Å². The van der Waals surface area contributed by atoms with Crippen molar-refractivity contribution in [2.75, 3.05) is 0 Å². The van der Waals surface area contributed by atoms with Crippen LogP contribution in [0.2, 0.25) is 0 Å². The summed E-state index contributed by atoms with van der Waals surface area (Å²) >= 11 is 0. The molecular formula is C11H20N2O. The highest BCUT2D eigenvalue weighted by Crippen LogP contribution is 2.22. The molecule has 14 heavy (non-hydrogen) atoms. The predicted molar refractivity (Wildman–Crippen MR) is 57.5 cm³/mol. The molecule has 0 aliphatic rings. The zero-order chi connectivity index (χ0) is 10.6. The van der Waals surface area contributed by atoms with Gasteiger partial charge in [0.1, 0.15) is 5.69 Å². The van der Waals surface area contributed by atoms with E-state index in [-0.39, 0.29) is 0 Å². The van der Waals surface area contributed by atoms with E-state index in [9.17, 15) is 5.11 Å². The monoisotopic (exact) mass is 196 g/mol. The summed E-state index contributed by atoms with van der Waals surface area (Å²) in [7, 11) is 0. The molecule has 0 aliphatic heterocycles. The third-order valence-corrected chi connectivity index (χ3v) is 2.45. The Kier molecular flexibility index (Phi) is 3.98. The molecule has 0 fully saturated rings. The second-order valence-corrected chi connectivity index (χ2v) is 3.71. The van der Waals surface area contributed by atoms with Gasteiger partial charge in [-0.1, -0.05) is 26.7 Å². The normalized spacial score (nSPS) is 10.8. The van der Waals surface area contributed by atoms with Crippen molar-refractivity contribution in [2.45, 2.75) is 53.0 Å². The molecule has 1 aromatic heterocycles. The van der Waals surface area contributed by atoms with E-state index in [4.69, 9.17) is 0 Å². The Morgan fingerprint density at radius 1 is 1.29 bits per heavy atom. The van der Waals surface area contributed by atoms with E-state index in [1.807, 2.05) is 11.6 Å². The zero-order valence-electron chi connectivity index (χ0n) is 9.38. The van der Waals surface area contributed by atoms with Gasteiger partial charge in [0.15, 0.2) is 5.75 Å². The van der Waals surface area contributed by atoms with Crippen molar-refractivity contribution in [2.24, 2.45) is 0 Å². The number of aromatic hydroxyl groups is 1. The quantitative estimate of drug-likeness (QED) is 0.786. The number of unbranched alkanes of at least 4 members (excludes halogenated alkanes) is 1. The molecule has 1 heterocycles. The molecule has 0 bridgehead atoms. The molecule has 0 aliphatic carbocycles. The Morgan fingerprint density at radius 3 is 2.57 bits per heavy atom. The van der Waals surface area contributed by atoms with E-state index in [1.165, 1.54) is 0 Å². The van der Waals surface area contributed by atoms with Gasteiger partial charge >= 0.3 is 0 Å². The highest BCUT2D eigenvalue weighted by Gasteiger charge is 2.11. The van der Waals surface area contributed by atoms with Gasteiger partial charge in [-0.15, -0.1) is 0 Å². The smallest absolute Gasteiger partial charge is 0.159 e. The Balaban J connectivity index is 2.79. The number of rotatable bonds is 5. The van der Waals surface area contributed by atoms with Crippen molar-refractivity contribution < 1.29 is 5.11 Å². The van der Waals surface area contributed by atoms with E-state index >= 15 is 0 Å². The fourth-order valence-corrected chi connectivity index (χ4v) is 1.53. The molecule has 0 saturated heterocycles. The maximum atomic E-state index is 9.77. The Labute approximate surface area is 85.8 Å². The number of aromatic nitrogens is 2. The Hall–Kier alpha value is -0.990. The molecule has 0 radical (unpaired) electrons. The second kappa shape index (κ2) is 5.03. The molecule has 3 heteroatoms. The van der Waals surface area contributed by atoms with Gasteiger partial charge in [0.05, 0.1) is 5.69 Å². The van der Waals surface area contributed by atoms with Gasteiger partial charge in [0.2, 0.25) is 0 Å². The maximum absolute atomic E-state index is 9.77. The SMILES string of the molecule is CCCCn1nc(CCC)c(O)c1C. The first-order chi connectivity index (χ1) is 6.70. The van der Waals surface area contributed by atoms with Crippen LogP contribution in [0.4, 0.5) is 0 Å². The van der Waals surface area contributed by atoms with Crippen LogP contribution in [0, 0.1) is 6.92 Å². The number of nitrogens with zero attached hydrogens (tertiary/aromatic N) is 2. The van der Waals surface area contributed by atoms with Crippen LogP contribution in [0.5, 0.6) is 5.75 Å². The number of aryl methyl sites for hydroxylation is 2. The molecule has 1 N–H and O–H groups in total. The number of hydrogen-bond donors (Lipinski definition) is 1. The van der Waals surface area contributed by atoms with Crippen LogP contribution < -0.4 is 0 Å². The first kappa shape index (κ1) is 11.1. The van der Waals surface area contributed by atoms with Crippen molar-refractivity contribution in [1.82, 2.24) is 9.78 Å². The van der Waals surface area contributed by atoms with Gasteiger partial charge < -0.3 is 5.11 Å². The summed E-state index contributed by atoms with van der Waals surface area (Å²) in [5.74, 6) is 0.392. The molecular weight excluding hydrogens is 176 g/mol. The van der Waals surface area contributed by atoms with Crippen LogP contribution >= 0.6 is 0 Å². The topological polar surface area (TPSA) is 38.0 Å². The van der Waals surface area contributed by atoms with Crippen LogP contribution in [-0.4, -0.2) is 14.9 Å². The van der Waals surface area contributed by atoms with Gasteiger partial charge in [-0.2, -0.15) is 5.10 Å². The third kappa shape index (κ3) is 2.28. The Bertz CT molecular complexity index is 292. The highest BCUT2D eigenvalue weighted by atomic mass is 16.3. The lowest BCUT2D eigenvalue weighted by Crippen LogP contribution is -2.02. The molecule has 3 nitrogen and oxygen atoms in total. The van der Waals surface area contributed by atoms with E-state index in [1.54, 1.807) is 0 Å². The largest absolute Gasteiger partial charge is 0.504 e. The fourth-order valence-electron chi connectivity index (χ4n) is 1.53. The van der Waals surface area contributed by atoms with E-state index < -0.39 is 0 Å². The molecule has 0 atom stereocenters. The summed E-state index contributed by atoms with van der Waals surface area (Å²) in [4.78, 5) is 0. The molecule has 0 aromatic carbocycles. The van der Waals surface area contributed by atoms with E-state index in [0.717, 1.165) is 43.6 Å². The van der Waals surface area contributed by atoms with Gasteiger partial charge in [-0.3, -0.25) is 4.68 Å². The standard InChI is InChI=1S/C11H20N2O/c1-4-6-8-13-9(3)11(14)10(12-13)7-5-2/h14H,4-8H2,1-3H3. The van der Waals surface area contributed by atoms with Gasteiger partial charge in [0, 0.05) is 6.54 Å². The minimum Gasteiger partial charge on any atom is -0.504 e. The van der Waals surface area contributed by atoms with Gasteiger partial charge in [-0.25, -0.2) is 0 Å². The molecule has 1 aromatic rings. The predicted octanol–water partition coefficient (Wildman–Crippen LogP) is 2.65.